The lowest BCUT2D eigenvalue weighted by molar-refractivity contribution is -0.165. The predicted molar refractivity (Wildman–Crippen MR) is 161 cm³/mol. The number of likely N-dealkylation sites (tertiary alicyclic amines) is 1. The minimum Gasteiger partial charge on any atom is -0.458 e. The van der Waals surface area contributed by atoms with Gasteiger partial charge in [0.2, 0.25) is 11.8 Å². The Hall–Kier alpha value is -4.45. The first-order valence-electron chi connectivity index (χ1n) is 14.7. The molecule has 1 aliphatic heterocycles. The van der Waals surface area contributed by atoms with Crippen LogP contribution in [-0.4, -0.2) is 76.2 Å². The molecule has 0 radical (unpaired) electrons. The lowest BCUT2D eigenvalue weighted by atomic mass is 9.99. The van der Waals surface area contributed by atoms with Gasteiger partial charge in [-0.2, -0.15) is 0 Å². The second-order valence-electron chi connectivity index (χ2n) is 11.7. The lowest BCUT2D eigenvalue weighted by Crippen LogP contribution is -2.58. The van der Waals surface area contributed by atoms with Crippen molar-refractivity contribution < 1.29 is 38.6 Å². The molecule has 1 aliphatic rings. The smallest absolute Gasteiger partial charge is 0.408 e. The lowest BCUT2D eigenvalue weighted by Gasteiger charge is -2.32. The van der Waals surface area contributed by atoms with Crippen molar-refractivity contribution in [2.24, 2.45) is 5.73 Å². The van der Waals surface area contributed by atoms with E-state index in [-0.39, 0.29) is 32.4 Å². The van der Waals surface area contributed by atoms with Crippen molar-refractivity contribution in [2.75, 3.05) is 6.54 Å². The molecule has 3 rings (SSSR count). The molecule has 238 valence electrons. The Kier molecular flexibility index (Phi) is 12.3. The number of nitrogens with one attached hydrogen (secondary N) is 2. The van der Waals surface area contributed by atoms with Crippen LogP contribution < -0.4 is 16.4 Å². The van der Waals surface area contributed by atoms with Gasteiger partial charge in [-0.15, -0.1) is 0 Å². The van der Waals surface area contributed by atoms with Crippen LogP contribution in [-0.2, 0) is 41.7 Å². The van der Waals surface area contributed by atoms with Crippen LogP contribution in [0.25, 0.3) is 0 Å². The Morgan fingerprint density at radius 1 is 0.977 bits per heavy atom. The Bertz CT molecular complexity index is 1280. The molecule has 4 amide bonds. The van der Waals surface area contributed by atoms with Gasteiger partial charge < -0.3 is 35.8 Å². The van der Waals surface area contributed by atoms with Crippen LogP contribution in [0.5, 0.6) is 0 Å². The van der Waals surface area contributed by atoms with Gasteiger partial charge in [-0.25, -0.2) is 9.59 Å². The van der Waals surface area contributed by atoms with E-state index in [0.717, 1.165) is 11.1 Å². The molecule has 5 N–H and O–H groups in total. The number of benzene rings is 2. The van der Waals surface area contributed by atoms with Crippen LogP contribution in [0.3, 0.4) is 0 Å². The van der Waals surface area contributed by atoms with E-state index in [1.54, 1.807) is 75.4 Å². The summed E-state index contributed by atoms with van der Waals surface area (Å²) >= 11 is 0. The monoisotopic (exact) mass is 610 g/mol. The minimum atomic E-state index is -1.73. The van der Waals surface area contributed by atoms with Gasteiger partial charge in [0.15, 0.2) is 6.10 Å². The summed E-state index contributed by atoms with van der Waals surface area (Å²) in [5.74, 6) is -2.73. The van der Waals surface area contributed by atoms with Crippen LogP contribution in [0.4, 0.5) is 4.79 Å². The molecule has 0 aliphatic carbocycles. The molecule has 0 unspecified atom stereocenters. The van der Waals surface area contributed by atoms with E-state index in [9.17, 15) is 29.1 Å². The molecular formula is C32H42N4O8. The van der Waals surface area contributed by atoms with Crippen LogP contribution in [0.15, 0.2) is 60.7 Å². The summed E-state index contributed by atoms with van der Waals surface area (Å²) < 4.78 is 10.7. The minimum absolute atomic E-state index is 0.0463. The first-order valence-corrected chi connectivity index (χ1v) is 14.7. The second kappa shape index (κ2) is 15.9. The van der Waals surface area contributed by atoms with E-state index < -0.39 is 59.6 Å². The number of aliphatic hydroxyl groups is 1. The number of carbonyl (C=O) groups excluding carboxylic acids is 5. The standard InChI is InChI=1S/C32H42N4O8/c1-32(2,3)44-30(41)25-15-10-18-36(25)29(40)27(38)24(19-21-11-6-4-7-12-21)34-28(39)23(16-17-26(33)37)35-31(42)43-20-22-13-8-5-9-14-22/h4-9,11-14,23-25,27,38H,10,15-20H2,1-3H3,(H2,33,37)(H,34,39)(H,35,42)/t23-,24-,25-,27-/m0/s1. The Balaban J connectivity index is 1.77. The van der Waals surface area contributed by atoms with E-state index in [0.29, 0.717) is 12.8 Å². The molecule has 0 aromatic heterocycles. The number of nitrogens with zero attached hydrogens (tertiary/aromatic N) is 1. The Morgan fingerprint density at radius 2 is 1.59 bits per heavy atom. The van der Waals surface area contributed by atoms with Gasteiger partial charge in [0, 0.05) is 13.0 Å². The summed E-state index contributed by atoms with van der Waals surface area (Å²) in [6.45, 7) is 5.38. The first kappa shape index (κ1) is 34.0. The maximum Gasteiger partial charge on any atom is 0.408 e. The van der Waals surface area contributed by atoms with Crippen LogP contribution in [0.2, 0.25) is 0 Å². The number of esters is 1. The van der Waals surface area contributed by atoms with Crippen LogP contribution >= 0.6 is 0 Å². The average Bonchev–Trinajstić information content (AvgIpc) is 3.47. The first-order chi connectivity index (χ1) is 20.8. The van der Waals surface area contributed by atoms with E-state index in [2.05, 4.69) is 10.6 Å². The number of hydrogen-bond acceptors (Lipinski definition) is 8. The molecule has 2 aromatic carbocycles. The summed E-state index contributed by atoms with van der Waals surface area (Å²) in [6.07, 6.45) is -2.00. The van der Waals surface area contributed by atoms with Gasteiger partial charge in [-0.1, -0.05) is 60.7 Å². The van der Waals surface area contributed by atoms with Crippen molar-refractivity contribution in [3.05, 3.63) is 71.8 Å². The molecule has 44 heavy (non-hydrogen) atoms. The second-order valence-corrected chi connectivity index (χ2v) is 11.7. The fourth-order valence-electron chi connectivity index (χ4n) is 4.84. The van der Waals surface area contributed by atoms with Gasteiger partial charge in [0.25, 0.3) is 5.91 Å². The average molecular weight is 611 g/mol. The third-order valence-electron chi connectivity index (χ3n) is 6.98. The van der Waals surface area contributed by atoms with Crippen LogP contribution in [0, 0.1) is 0 Å². The normalized spacial score (nSPS) is 16.7. The Labute approximate surface area is 257 Å². The predicted octanol–water partition coefficient (Wildman–Crippen LogP) is 1.97. The molecule has 0 saturated carbocycles. The van der Waals surface area contributed by atoms with Crippen LogP contribution in [0.1, 0.15) is 57.6 Å². The van der Waals surface area contributed by atoms with Gasteiger partial charge >= 0.3 is 12.1 Å². The fraction of sp³-hybridized carbons (Fsp3) is 0.469. The van der Waals surface area contributed by atoms with E-state index in [4.69, 9.17) is 15.2 Å². The summed E-state index contributed by atoms with van der Waals surface area (Å²) in [6, 6.07) is 14.6. The number of amides is 4. The van der Waals surface area contributed by atoms with Crippen molar-refractivity contribution in [1.82, 2.24) is 15.5 Å². The third-order valence-corrected chi connectivity index (χ3v) is 6.98. The molecule has 0 bridgehead atoms. The maximum atomic E-state index is 13.6. The molecule has 12 nitrogen and oxygen atoms in total. The van der Waals surface area contributed by atoms with Gasteiger partial charge in [-0.05, 0) is 57.6 Å². The fourth-order valence-corrected chi connectivity index (χ4v) is 4.84. The van der Waals surface area contributed by atoms with Crippen molar-refractivity contribution in [3.8, 4) is 0 Å². The molecule has 1 saturated heterocycles. The topological polar surface area (TPSA) is 177 Å². The number of nitrogens with two attached hydrogens (primary N) is 1. The highest BCUT2D eigenvalue weighted by molar-refractivity contribution is 5.90. The van der Waals surface area contributed by atoms with Crippen molar-refractivity contribution in [1.29, 1.82) is 0 Å². The molecule has 1 fully saturated rings. The number of carbonyl (C=O) groups is 5. The summed E-state index contributed by atoms with van der Waals surface area (Å²) in [5, 5.41) is 16.5. The van der Waals surface area contributed by atoms with E-state index >= 15 is 0 Å². The van der Waals surface area contributed by atoms with Gasteiger partial charge in [0.1, 0.15) is 24.3 Å². The highest BCUT2D eigenvalue weighted by Crippen LogP contribution is 2.23. The van der Waals surface area contributed by atoms with Gasteiger partial charge in [0.05, 0.1) is 6.04 Å². The molecule has 1 heterocycles. The number of hydrogen-bond donors (Lipinski definition) is 4. The SMILES string of the molecule is CC(C)(C)OC(=O)[C@@H]1CCCN1C(=O)[C@@H](O)[C@H](Cc1ccccc1)NC(=O)[C@H](CCC(N)=O)NC(=O)OCc1ccccc1. The quantitative estimate of drug-likeness (QED) is 0.249. The zero-order valence-corrected chi connectivity index (χ0v) is 25.4. The van der Waals surface area contributed by atoms with Crippen molar-refractivity contribution in [3.63, 3.8) is 0 Å². The zero-order valence-electron chi connectivity index (χ0n) is 25.4. The molecule has 4 atom stereocenters. The van der Waals surface area contributed by atoms with E-state index in [1.165, 1.54) is 4.90 Å². The largest absolute Gasteiger partial charge is 0.458 e. The van der Waals surface area contributed by atoms with E-state index in [1.807, 2.05) is 6.07 Å². The molecule has 12 heteroatoms. The number of rotatable bonds is 13. The van der Waals surface area contributed by atoms with Gasteiger partial charge in [-0.3, -0.25) is 14.4 Å². The number of primary amides is 1. The zero-order chi connectivity index (χ0) is 32.3. The number of alkyl carbamates (subject to hydrolysis) is 1. The summed E-state index contributed by atoms with van der Waals surface area (Å²) in [7, 11) is 0. The van der Waals surface area contributed by atoms with Crippen molar-refractivity contribution >= 4 is 29.8 Å². The number of aliphatic hydroxyl groups excluding tert-OH is 1. The highest BCUT2D eigenvalue weighted by Gasteiger charge is 2.41. The number of ether oxygens (including phenoxy) is 2. The third kappa shape index (κ3) is 10.7. The highest BCUT2D eigenvalue weighted by atomic mass is 16.6. The molecule has 2 aromatic rings. The molecule has 0 spiro atoms. The Morgan fingerprint density at radius 3 is 2.18 bits per heavy atom. The summed E-state index contributed by atoms with van der Waals surface area (Å²) in [5.41, 5.74) is 6.00. The van der Waals surface area contributed by atoms with Crippen molar-refractivity contribution in [2.45, 2.75) is 89.3 Å². The molecular weight excluding hydrogens is 568 g/mol. The summed E-state index contributed by atoms with van der Waals surface area (Å²) in [4.78, 5) is 65.3. The maximum absolute atomic E-state index is 13.6.